The fraction of sp³-hybridized carbons (Fsp3) is 0.444. The Morgan fingerprint density at radius 2 is 2.00 bits per heavy atom. The molecule has 0 spiro atoms. The first-order chi connectivity index (χ1) is 11.2. The first-order valence-corrected chi connectivity index (χ1v) is 8.07. The van der Waals surface area contributed by atoms with Crippen LogP contribution in [0.25, 0.3) is 0 Å². The van der Waals surface area contributed by atoms with Crippen molar-refractivity contribution in [2.75, 3.05) is 26.0 Å². The van der Waals surface area contributed by atoms with Crippen LogP contribution in [0.4, 0.5) is 5.82 Å². The van der Waals surface area contributed by atoms with Crippen LogP contribution in [0.3, 0.4) is 0 Å². The fourth-order valence-electron chi connectivity index (χ4n) is 3.08. The summed E-state index contributed by atoms with van der Waals surface area (Å²) in [6.45, 7) is 5.42. The number of benzene rings is 1. The van der Waals surface area contributed by atoms with Crippen LogP contribution in [0.1, 0.15) is 35.5 Å². The molecule has 3 rings (SSSR count). The van der Waals surface area contributed by atoms with Crippen molar-refractivity contribution in [3.63, 3.8) is 0 Å². The summed E-state index contributed by atoms with van der Waals surface area (Å²) in [6.07, 6.45) is 0.919. The lowest BCUT2D eigenvalue weighted by Crippen LogP contribution is -2.32. The predicted molar refractivity (Wildman–Crippen MR) is 91.0 cm³/mol. The smallest absolute Gasteiger partial charge is 0.145 e. The molecule has 5 nitrogen and oxygen atoms in total. The van der Waals surface area contributed by atoms with Gasteiger partial charge < -0.3 is 10.5 Å². The normalized spacial score (nSPS) is 16.1. The van der Waals surface area contributed by atoms with Gasteiger partial charge in [-0.15, -0.1) is 0 Å². The largest absolute Gasteiger partial charge is 0.384 e. The highest BCUT2D eigenvalue weighted by Gasteiger charge is 2.22. The number of rotatable bonds is 5. The molecule has 1 aliphatic rings. The van der Waals surface area contributed by atoms with Gasteiger partial charge in [0.05, 0.1) is 23.7 Å². The zero-order valence-electron chi connectivity index (χ0n) is 13.8. The first-order valence-electron chi connectivity index (χ1n) is 8.07. The molecule has 0 radical (unpaired) electrons. The molecule has 2 N–H and O–H groups in total. The van der Waals surface area contributed by atoms with Gasteiger partial charge in [-0.1, -0.05) is 37.3 Å². The Balaban J connectivity index is 1.75. The van der Waals surface area contributed by atoms with E-state index in [2.05, 4.69) is 41.1 Å². The molecule has 5 heteroatoms. The predicted octanol–water partition coefficient (Wildman–Crippen LogP) is 2.37. The lowest BCUT2D eigenvalue weighted by Gasteiger charge is -2.28. The summed E-state index contributed by atoms with van der Waals surface area (Å²) in [5.74, 6) is 0.704. The van der Waals surface area contributed by atoms with E-state index < -0.39 is 0 Å². The van der Waals surface area contributed by atoms with E-state index in [9.17, 15) is 0 Å². The van der Waals surface area contributed by atoms with Crippen LogP contribution in [0.5, 0.6) is 0 Å². The molecule has 23 heavy (non-hydrogen) atoms. The zero-order valence-corrected chi connectivity index (χ0v) is 13.8. The van der Waals surface area contributed by atoms with E-state index in [4.69, 9.17) is 15.5 Å². The van der Waals surface area contributed by atoms with Crippen LogP contribution >= 0.6 is 0 Å². The minimum absolute atomic E-state index is 0.167. The molecule has 0 saturated heterocycles. The highest BCUT2D eigenvalue weighted by Crippen LogP contribution is 2.24. The number of nitrogens with zero attached hydrogens (tertiary/aromatic N) is 3. The zero-order chi connectivity index (χ0) is 16.2. The Morgan fingerprint density at radius 3 is 2.74 bits per heavy atom. The summed E-state index contributed by atoms with van der Waals surface area (Å²) in [4.78, 5) is 11.8. The maximum absolute atomic E-state index is 6.13. The van der Waals surface area contributed by atoms with E-state index in [0.717, 1.165) is 43.1 Å². The Labute approximate surface area is 137 Å². The third kappa shape index (κ3) is 3.68. The van der Waals surface area contributed by atoms with Crippen molar-refractivity contribution in [3.05, 3.63) is 53.0 Å². The third-order valence-corrected chi connectivity index (χ3v) is 4.28. The molecular formula is C18H24N4O. The summed E-state index contributed by atoms with van der Waals surface area (Å²) in [6, 6.07) is 10.5. The number of ether oxygens (including phenoxy) is 1. The maximum Gasteiger partial charge on any atom is 0.145 e. The van der Waals surface area contributed by atoms with Crippen LogP contribution in [-0.4, -0.2) is 35.1 Å². The molecule has 122 valence electrons. The van der Waals surface area contributed by atoms with Crippen LogP contribution in [-0.2, 0) is 24.2 Å². The number of hydrogen-bond donors (Lipinski definition) is 1. The van der Waals surface area contributed by atoms with Crippen molar-refractivity contribution in [1.29, 1.82) is 0 Å². The number of hydrogen-bond acceptors (Lipinski definition) is 5. The second-order valence-corrected chi connectivity index (χ2v) is 6.19. The standard InChI is InChI=1S/C18H24N4O/c1-13(12-23-2)17-18(19)21-16-11-22(9-8-15(16)20-17)10-14-6-4-3-5-7-14/h3-7,13H,8-12H2,1-2H3,(H2,19,21)/t13-/m0/s1. The summed E-state index contributed by atoms with van der Waals surface area (Å²) in [5, 5.41) is 0. The number of fused-ring (bicyclic) bond motifs is 1. The third-order valence-electron chi connectivity index (χ3n) is 4.28. The van der Waals surface area contributed by atoms with Crippen LogP contribution in [0, 0.1) is 0 Å². The highest BCUT2D eigenvalue weighted by molar-refractivity contribution is 5.39. The molecule has 2 heterocycles. The van der Waals surface area contributed by atoms with Gasteiger partial charge in [0.1, 0.15) is 5.82 Å². The second kappa shape index (κ2) is 7.06. The number of nitrogens with two attached hydrogens (primary N) is 1. The molecule has 1 aromatic carbocycles. The molecule has 0 bridgehead atoms. The summed E-state index contributed by atoms with van der Waals surface area (Å²) in [5.41, 5.74) is 10.4. The SMILES string of the molecule is COC[C@H](C)c1nc2c(nc1N)CN(Cc1ccccc1)CC2. The van der Waals surface area contributed by atoms with Crippen molar-refractivity contribution >= 4 is 5.82 Å². The number of nitrogen functional groups attached to an aromatic ring is 1. The van der Waals surface area contributed by atoms with Gasteiger partial charge in [-0.25, -0.2) is 4.98 Å². The average Bonchev–Trinajstić information content (AvgIpc) is 2.55. The van der Waals surface area contributed by atoms with E-state index in [0.29, 0.717) is 12.4 Å². The molecule has 0 saturated carbocycles. The van der Waals surface area contributed by atoms with Gasteiger partial charge in [-0.3, -0.25) is 9.88 Å². The Morgan fingerprint density at radius 1 is 1.22 bits per heavy atom. The maximum atomic E-state index is 6.13. The summed E-state index contributed by atoms with van der Waals surface area (Å²) < 4.78 is 5.21. The minimum atomic E-state index is 0.167. The minimum Gasteiger partial charge on any atom is -0.384 e. The first kappa shape index (κ1) is 15.9. The topological polar surface area (TPSA) is 64.3 Å². The Kier molecular flexibility index (Phi) is 4.88. The van der Waals surface area contributed by atoms with Crippen molar-refractivity contribution in [1.82, 2.24) is 14.9 Å². The van der Waals surface area contributed by atoms with Gasteiger partial charge >= 0.3 is 0 Å². The lowest BCUT2D eigenvalue weighted by molar-refractivity contribution is 0.182. The van der Waals surface area contributed by atoms with Gasteiger partial charge in [-0.2, -0.15) is 0 Å². The van der Waals surface area contributed by atoms with Crippen molar-refractivity contribution in [2.45, 2.75) is 32.4 Å². The highest BCUT2D eigenvalue weighted by atomic mass is 16.5. The monoisotopic (exact) mass is 312 g/mol. The summed E-state index contributed by atoms with van der Waals surface area (Å²) >= 11 is 0. The molecule has 0 aliphatic carbocycles. The average molecular weight is 312 g/mol. The van der Waals surface area contributed by atoms with E-state index in [-0.39, 0.29) is 5.92 Å². The second-order valence-electron chi connectivity index (χ2n) is 6.19. The molecule has 0 fully saturated rings. The molecule has 0 amide bonds. The number of anilines is 1. The van der Waals surface area contributed by atoms with Crippen molar-refractivity contribution < 1.29 is 4.74 Å². The quantitative estimate of drug-likeness (QED) is 0.918. The number of methoxy groups -OCH3 is 1. The Hall–Kier alpha value is -1.98. The molecule has 1 atom stereocenters. The fourth-order valence-corrected chi connectivity index (χ4v) is 3.08. The van der Waals surface area contributed by atoms with Gasteiger partial charge in [0, 0.05) is 39.1 Å². The molecule has 0 unspecified atom stereocenters. The van der Waals surface area contributed by atoms with E-state index in [1.807, 2.05) is 6.07 Å². The van der Waals surface area contributed by atoms with Crippen molar-refractivity contribution in [2.24, 2.45) is 0 Å². The molecule has 1 aliphatic heterocycles. The van der Waals surface area contributed by atoms with Gasteiger partial charge in [0.15, 0.2) is 0 Å². The van der Waals surface area contributed by atoms with E-state index >= 15 is 0 Å². The molecule has 1 aromatic heterocycles. The molecular weight excluding hydrogens is 288 g/mol. The van der Waals surface area contributed by atoms with Crippen LogP contribution in [0.15, 0.2) is 30.3 Å². The van der Waals surface area contributed by atoms with Crippen LogP contribution in [0.2, 0.25) is 0 Å². The summed E-state index contributed by atoms with van der Waals surface area (Å²) in [7, 11) is 1.69. The molecule has 2 aromatic rings. The van der Waals surface area contributed by atoms with Gasteiger partial charge in [0.25, 0.3) is 0 Å². The number of aromatic nitrogens is 2. The lowest BCUT2D eigenvalue weighted by atomic mass is 10.1. The van der Waals surface area contributed by atoms with Gasteiger partial charge in [-0.05, 0) is 5.56 Å². The van der Waals surface area contributed by atoms with E-state index in [1.165, 1.54) is 5.56 Å². The van der Waals surface area contributed by atoms with Gasteiger partial charge in [0.2, 0.25) is 0 Å². The van der Waals surface area contributed by atoms with Crippen molar-refractivity contribution in [3.8, 4) is 0 Å². The van der Waals surface area contributed by atoms with E-state index in [1.54, 1.807) is 7.11 Å². The Bertz CT molecular complexity index is 660. The van der Waals surface area contributed by atoms with Crippen LogP contribution < -0.4 is 5.73 Å².